The van der Waals surface area contributed by atoms with Crippen molar-refractivity contribution in [3.05, 3.63) is 0 Å². The first-order chi connectivity index (χ1) is 6.59. The number of hydrogen-bond donors (Lipinski definition) is 1. The zero-order chi connectivity index (χ0) is 10.6. The van der Waals surface area contributed by atoms with Gasteiger partial charge in [-0.2, -0.15) is 0 Å². The maximum atomic E-state index is 5.85. The highest BCUT2D eigenvalue weighted by Crippen LogP contribution is 2.43. The lowest BCUT2D eigenvalue weighted by Gasteiger charge is -2.40. The van der Waals surface area contributed by atoms with E-state index in [9.17, 15) is 0 Å². The van der Waals surface area contributed by atoms with E-state index >= 15 is 0 Å². The summed E-state index contributed by atoms with van der Waals surface area (Å²) in [6.07, 6.45) is 8.25. The van der Waals surface area contributed by atoms with Gasteiger partial charge in [0.05, 0.1) is 0 Å². The van der Waals surface area contributed by atoms with Crippen molar-refractivity contribution in [2.75, 3.05) is 6.54 Å². The second-order valence-electron chi connectivity index (χ2n) is 5.81. The molecule has 1 nitrogen and oxygen atoms in total. The van der Waals surface area contributed by atoms with E-state index in [1.165, 1.54) is 38.5 Å². The molecule has 0 spiro atoms. The van der Waals surface area contributed by atoms with Crippen molar-refractivity contribution in [3.8, 4) is 0 Å². The summed E-state index contributed by atoms with van der Waals surface area (Å²) in [5, 5.41) is 0. The van der Waals surface area contributed by atoms with Crippen LogP contribution in [-0.2, 0) is 0 Å². The summed E-state index contributed by atoms with van der Waals surface area (Å²) in [6, 6.07) is 0. The van der Waals surface area contributed by atoms with Crippen LogP contribution in [0.2, 0.25) is 0 Å². The minimum Gasteiger partial charge on any atom is -0.330 e. The average molecular weight is 197 g/mol. The molecule has 0 aromatic heterocycles. The van der Waals surface area contributed by atoms with E-state index < -0.39 is 0 Å². The predicted octanol–water partition coefficient (Wildman–Crippen LogP) is 3.58. The van der Waals surface area contributed by atoms with Crippen LogP contribution in [0.4, 0.5) is 0 Å². The van der Waals surface area contributed by atoms with Gasteiger partial charge in [-0.15, -0.1) is 0 Å². The summed E-state index contributed by atoms with van der Waals surface area (Å²) in [5.41, 5.74) is 6.43. The predicted molar refractivity (Wildman–Crippen MR) is 63.2 cm³/mol. The van der Waals surface area contributed by atoms with Gasteiger partial charge in [-0.25, -0.2) is 0 Å². The van der Waals surface area contributed by atoms with Crippen molar-refractivity contribution in [2.24, 2.45) is 23.0 Å². The minimum absolute atomic E-state index is 0.573. The lowest BCUT2D eigenvalue weighted by molar-refractivity contribution is 0.113. The topological polar surface area (TPSA) is 26.0 Å². The quantitative estimate of drug-likeness (QED) is 0.732. The maximum absolute atomic E-state index is 5.85. The molecule has 0 aromatic rings. The zero-order valence-corrected chi connectivity index (χ0v) is 10.2. The summed E-state index contributed by atoms with van der Waals surface area (Å²) in [7, 11) is 0. The van der Waals surface area contributed by atoms with Crippen molar-refractivity contribution in [2.45, 2.75) is 59.3 Å². The molecule has 2 N–H and O–H groups in total. The van der Waals surface area contributed by atoms with Gasteiger partial charge in [-0.3, -0.25) is 0 Å². The second-order valence-corrected chi connectivity index (χ2v) is 5.81. The minimum atomic E-state index is 0.573. The fourth-order valence-corrected chi connectivity index (χ4v) is 2.90. The Labute approximate surface area is 89.5 Å². The van der Waals surface area contributed by atoms with E-state index in [1.54, 1.807) is 0 Å². The van der Waals surface area contributed by atoms with Gasteiger partial charge in [0, 0.05) is 0 Å². The maximum Gasteiger partial charge on any atom is -0.00462 e. The van der Waals surface area contributed by atoms with Gasteiger partial charge in [0.15, 0.2) is 0 Å². The highest BCUT2D eigenvalue weighted by atomic mass is 14.6. The molecule has 1 aliphatic carbocycles. The van der Waals surface area contributed by atoms with Gasteiger partial charge in [0.2, 0.25) is 0 Å². The normalized spacial score (nSPS) is 31.7. The van der Waals surface area contributed by atoms with Crippen LogP contribution in [0.15, 0.2) is 0 Å². The molecule has 84 valence electrons. The molecule has 0 saturated heterocycles. The van der Waals surface area contributed by atoms with Gasteiger partial charge in [0.1, 0.15) is 0 Å². The number of nitrogens with two attached hydrogens (primary N) is 1. The Morgan fingerprint density at radius 2 is 2.00 bits per heavy atom. The molecule has 2 atom stereocenters. The monoisotopic (exact) mass is 197 g/mol. The van der Waals surface area contributed by atoms with Gasteiger partial charge in [-0.05, 0) is 43.1 Å². The largest absolute Gasteiger partial charge is 0.330 e. The molecule has 2 unspecified atom stereocenters. The highest BCUT2D eigenvalue weighted by Gasteiger charge is 2.33. The van der Waals surface area contributed by atoms with Crippen molar-refractivity contribution < 1.29 is 0 Å². The number of rotatable bonds is 4. The SMILES string of the molecule is CCCCC1CC(C)(C)CCC1CN. The van der Waals surface area contributed by atoms with Crippen LogP contribution in [0.25, 0.3) is 0 Å². The Kier molecular flexibility index (Phi) is 4.43. The first-order valence-corrected chi connectivity index (χ1v) is 6.29. The highest BCUT2D eigenvalue weighted by molar-refractivity contribution is 4.85. The molecule has 0 radical (unpaired) electrons. The second kappa shape index (κ2) is 5.16. The zero-order valence-electron chi connectivity index (χ0n) is 10.2. The molecule has 1 rings (SSSR count). The van der Waals surface area contributed by atoms with Crippen molar-refractivity contribution in [3.63, 3.8) is 0 Å². The van der Waals surface area contributed by atoms with E-state index in [0.29, 0.717) is 5.41 Å². The van der Waals surface area contributed by atoms with Crippen molar-refractivity contribution in [1.29, 1.82) is 0 Å². The van der Waals surface area contributed by atoms with Crippen LogP contribution in [0, 0.1) is 17.3 Å². The lowest BCUT2D eigenvalue weighted by Crippen LogP contribution is -2.33. The van der Waals surface area contributed by atoms with E-state index in [1.807, 2.05) is 0 Å². The van der Waals surface area contributed by atoms with Gasteiger partial charge in [-0.1, -0.05) is 40.0 Å². The fourth-order valence-electron chi connectivity index (χ4n) is 2.90. The van der Waals surface area contributed by atoms with Crippen LogP contribution in [-0.4, -0.2) is 6.54 Å². The van der Waals surface area contributed by atoms with Crippen molar-refractivity contribution >= 4 is 0 Å². The first kappa shape index (κ1) is 12.0. The third-order valence-corrected chi connectivity index (χ3v) is 3.90. The van der Waals surface area contributed by atoms with Gasteiger partial charge in [0.25, 0.3) is 0 Å². The summed E-state index contributed by atoms with van der Waals surface area (Å²) in [6.45, 7) is 8.02. The van der Waals surface area contributed by atoms with Crippen LogP contribution in [0.1, 0.15) is 59.3 Å². The van der Waals surface area contributed by atoms with E-state index in [2.05, 4.69) is 20.8 Å². The Morgan fingerprint density at radius 1 is 1.29 bits per heavy atom. The molecule has 0 heterocycles. The van der Waals surface area contributed by atoms with Gasteiger partial charge < -0.3 is 5.73 Å². The van der Waals surface area contributed by atoms with E-state index in [0.717, 1.165) is 18.4 Å². The van der Waals surface area contributed by atoms with Crippen molar-refractivity contribution in [1.82, 2.24) is 0 Å². The average Bonchev–Trinajstić information content (AvgIpc) is 2.14. The number of hydrogen-bond acceptors (Lipinski definition) is 1. The summed E-state index contributed by atoms with van der Waals surface area (Å²) in [5.74, 6) is 1.72. The molecule has 0 amide bonds. The van der Waals surface area contributed by atoms with Crippen LogP contribution in [0.3, 0.4) is 0 Å². The van der Waals surface area contributed by atoms with Crippen LogP contribution in [0.5, 0.6) is 0 Å². The fraction of sp³-hybridized carbons (Fsp3) is 1.00. The molecule has 1 heteroatoms. The first-order valence-electron chi connectivity index (χ1n) is 6.29. The van der Waals surface area contributed by atoms with E-state index in [-0.39, 0.29) is 0 Å². The van der Waals surface area contributed by atoms with Gasteiger partial charge >= 0.3 is 0 Å². The Balaban J connectivity index is 2.47. The van der Waals surface area contributed by atoms with Crippen LogP contribution >= 0.6 is 0 Å². The smallest absolute Gasteiger partial charge is 0.00462 e. The molecular weight excluding hydrogens is 170 g/mol. The summed E-state index contributed by atoms with van der Waals surface area (Å²) < 4.78 is 0. The third kappa shape index (κ3) is 3.27. The summed E-state index contributed by atoms with van der Waals surface area (Å²) >= 11 is 0. The van der Waals surface area contributed by atoms with E-state index in [4.69, 9.17) is 5.73 Å². The lowest BCUT2D eigenvalue weighted by atomic mass is 9.66. The molecule has 0 aromatic carbocycles. The summed E-state index contributed by atoms with van der Waals surface area (Å²) in [4.78, 5) is 0. The third-order valence-electron chi connectivity index (χ3n) is 3.90. The Hall–Kier alpha value is -0.0400. The van der Waals surface area contributed by atoms with Crippen LogP contribution < -0.4 is 5.73 Å². The molecule has 0 aliphatic heterocycles. The molecule has 1 fully saturated rings. The Morgan fingerprint density at radius 3 is 2.57 bits per heavy atom. The standard InChI is InChI=1S/C13H27N/c1-4-5-6-11-9-13(2,3)8-7-12(11)10-14/h11-12H,4-10,14H2,1-3H3. The Bertz CT molecular complexity index is 163. The molecule has 1 aliphatic rings. The molecular formula is C13H27N. The molecule has 0 bridgehead atoms. The molecule has 1 saturated carbocycles. The number of unbranched alkanes of at least 4 members (excludes halogenated alkanes) is 1. The molecule has 14 heavy (non-hydrogen) atoms.